The van der Waals surface area contributed by atoms with Gasteiger partial charge in [0.05, 0.1) is 13.2 Å². The minimum atomic E-state index is -1.21. The molecule has 14 heavy (non-hydrogen) atoms. The van der Waals surface area contributed by atoms with E-state index in [1.165, 1.54) is 13.8 Å². The molecular formula is C6H10N2O6. The Hall–Kier alpha value is -1.86. The summed E-state index contributed by atoms with van der Waals surface area (Å²) in [6, 6.07) is 0. The predicted octanol–water partition coefficient (Wildman–Crippen LogP) is 1.20. The summed E-state index contributed by atoms with van der Waals surface area (Å²) in [6.07, 6.45) is -2.42. The standard InChI is InChI=1S/C6H10N2O6/c1-3-11-5(9)13-8(7)14-6(10)12-4-2/h3-4H2,1-2H3. The lowest BCUT2D eigenvalue weighted by Gasteiger charge is -2.00. The van der Waals surface area contributed by atoms with Gasteiger partial charge < -0.3 is 15.0 Å². The fourth-order valence-corrected chi connectivity index (χ4v) is 0.435. The van der Waals surface area contributed by atoms with E-state index in [1.807, 2.05) is 0 Å². The Bertz CT molecular complexity index is 206. The van der Waals surface area contributed by atoms with Crippen LogP contribution in [0.25, 0.3) is 5.53 Å². The number of hydrogen-bond donors (Lipinski definition) is 0. The van der Waals surface area contributed by atoms with Gasteiger partial charge in [-0.2, -0.15) is 9.59 Å². The third kappa shape index (κ3) is 5.75. The highest BCUT2D eigenvalue weighted by atomic mass is 17.0. The zero-order valence-corrected chi connectivity index (χ0v) is 7.76. The number of carbonyl (C=O) groups is 2. The molecule has 0 bridgehead atoms. The van der Waals surface area contributed by atoms with Crippen LogP contribution in [-0.4, -0.2) is 30.5 Å². The van der Waals surface area contributed by atoms with Gasteiger partial charge in [0.15, 0.2) is 0 Å². The minimum absolute atomic E-state index is 0.0616. The van der Waals surface area contributed by atoms with Crippen molar-refractivity contribution >= 4 is 12.3 Å². The van der Waals surface area contributed by atoms with E-state index >= 15 is 0 Å². The SMILES string of the molecule is CCOC(=O)O[N+](=[N-])OC(=O)OCC. The number of ether oxygens (including phenoxy) is 2. The molecule has 0 aliphatic heterocycles. The van der Waals surface area contributed by atoms with Gasteiger partial charge in [0, 0.05) is 0 Å². The van der Waals surface area contributed by atoms with E-state index < -0.39 is 17.3 Å². The first-order valence-electron chi connectivity index (χ1n) is 3.78. The molecule has 0 saturated carbocycles. The molecule has 0 radical (unpaired) electrons. The van der Waals surface area contributed by atoms with Crippen LogP contribution in [0, 0.1) is 0 Å². The topological polar surface area (TPSA) is 96.4 Å². The smallest absolute Gasteiger partial charge is 0.430 e. The first kappa shape index (κ1) is 12.1. The molecule has 0 saturated heterocycles. The second-order valence-corrected chi connectivity index (χ2v) is 1.79. The largest absolute Gasteiger partial charge is 0.576 e. The maximum atomic E-state index is 10.5. The Labute approximate surface area is 79.7 Å². The van der Waals surface area contributed by atoms with Crippen LogP contribution in [0.2, 0.25) is 0 Å². The fourth-order valence-electron chi connectivity index (χ4n) is 0.435. The highest BCUT2D eigenvalue weighted by Gasteiger charge is 2.16. The van der Waals surface area contributed by atoms with E-state index in [-0.39, 0.29) is 13.2 Å². The van der Waals surface area contributed by atoms with E-state index in [4.69, 9.17) is 5.53 Å². The average Bonchev–Trinajstić information content (AvgIpc) is 2.03. The number of carbonyl (C=O) groups excluding carboxylic acids is 2. The van der Waals surface area contributed by atoms with E-state index in [2.05, 4.69) is 19.1 Å². The Kier molecular flexibility index (Phi) is 5.75. The molecule has 0 aromatic carbocycles. The summed E-state index contributed by atoms with van der Waals surface area (Å²) < 4.78 is 8.52. The lowest BCUT2D eigenvalue weighted by atomic mass is 10.9. The van der Waals surface area contributed by atoms with Crippen molar-refractivity contribution in [1.82, 2.24) is 0 Å². The Morgan fingerprint density at radius 3 is 1.71 bits per heavy atom. The zero-order chi connectivity index (χ0) is 11.0. The van der Waals surface area contributed by atoms with Gasteiger partial charge in [-0.05, 0) is 13.8 Å². The maximum absolute atomic E-state index is 10.5. The Balaban J connectivity index is 3.75. The average molecular weight is 206 g/mol. The van der Waals surface area contributed by atoms with Crippen molar-refractivity contribution in [1.29, 1.82) is 0 Å². The van der Waals surface area contributed by atoms with Crippen LogP contribution in [0.4, 0.5) is 9.59 Å². The second kappa shape index (κ2) is 6.63. The molecule has 0 fully saturated rings. The number of rotatable bonds is 4. The van der Waals surface area contributed by atoms with Crippen LogP contribution >= 0.6 is 0 Å². The fraction of sp³-hybridized carbons (Fsp3) is 0.667. The summed E-state index contributed by atoms with van der Waals surface area (Å²) in [7, 11) is 0. The second-order valence-electron chi connectivity index (χ2n) is 1.79. The van der Waals surface area contributed by atoms with Gasteiger partial charge >= 0.3 is 12.3 Å². The third-order valence-corrected chi connectivity index (χ3v) is 0.830. The molecule has 0 atom stereocenters. The molecule has 0 rings (SSSR count). The van der Waals surface area contributed by atoms with Gasteiger partial charge in [0.1, 0.15) is 5.02 Å². The summed E-state index contributed by atoms with van der Waals surface area (Å²) >= 11 is 0. The van der Waals surface area contributed by atoms with Crippen molar-refractivity contribution in [3.05, 3.63) is 5.53 Å². The molecule has 0 heterocycles. The molecule has 0 aromatic heterocycles. The molecule has 0 aliphatic rings. The predicted molar refractivity (Wildman–Crippen MR) is 39.8 cm³/mol. The van der Waals surface area contributed by atoms with Gasteiger partial charge in [-0.15, -0.1) is 9.68 Å². The first-order valence-corrected chi connectivity index (χ1v) is 3.78. The molecule has 80 valence electrons. The van der Waals surface area contributed by atoms with Gasteiger partial charge in [-0.3, -0.25) is 0 Å². The van der Waals surface area contributed by atoms with Crippen LogP contribution in [0.5, 0.6) is 0 Å². The lowest BCUT2D eigenvalue weighted by molar-refractivity contribution is -0.946. The van der Waals surface area contributed by atoms with E-state index in [9.17, 15) is 9.59 Å². The molecule has 0 spiro atoms. The summed E-state index contributed by atoms with van der Waals surface area (Å²) in [4.78, 5) is 28.9. The highest BCUT2D eigenvalue weighted by Crippen LogP contribution is 1.91. The molecule has 0 N–H and O–H groups in total. The van der Waals surface area contributed by atoms with Crippen LogP contribution in [0.15, 0.2) is 0 Å². The highest BCUT2D eigenvalue weighted by molar-refractivity contribution is 5.59. The van der Waals surface area contributed by atoms with E-state index in [1.54, 1.807) is 0 Å². The number of hydrogen-bond acceptors (Lipinski definition) is 6. The summed E-state index contributed by atoms with van der Waals surface area (Å²) in [6.45, 7) is 3.20. The van der Waals surface area contributed by atoms with Crippen LogP contribution in [0.1, 0.15) is 13.8 Å². The molecule has 0 aliphatic carbocycles. The van der Waals surface area contributed by atoms with Crippen molar-refractivity contribution in [3.8, 4) is 0 Å². The maximum Gasteiger partial charge on any atom is 0.576 e. The van der Waals surface area contributed by atoms with E-state index in [0.29, 0.717) is 0 Å². The van der Waals surface area contributed by atoms with Gasteiger partial charge in [0.25, 0.3) is 0 Å². The van der Waals surface area contributed by atoms with E-state index in [0.717, 1.165) is 0 Å². The summed E-state index contributed by atoms with van der Waals surface area (Å²) in [5, 5.41) is -0.448. The van der Waals surface area contributed by atoms with Crippen molar-refractivity contribution in [2.45, 2.75) is 13.8 Å². The Morgan fingerprint density at radius 2 is 1.43 bits per heavy atom. The lowest BCUT2D eigenvalue weighted by Crippen LogP contribution is -2.20. The van der Waals surface area contributed by atoms with Crippen molar-refractivity contribution in [2.75, 3.05) is 13.2 Å². The van der Waals surface area contributed by atoms with Crippen molar-refractivity contribution in [3.63, 3.8) is 0 Å². The Morgan fingerprint density at radius 1 is 1.07 bits per heavy atom. The summed E-state index contributed by atoms with van der Waals surface area (Å²) in [5.41, 5.74) is 8.63. The van der Waals surface area contributed by atoms with Crippen LogP contribution < -0.4 is 0 Å². The minimum Gasteiger partial charge on any atom is -0.430 e. The number of nitrogens with zero attached hydrogens (tertiary/aromatic N) is 2. The van der Waals surface area contributed by atoms with Crippen LogP contribution in [-0.2, 0) is 19.1 Å². The normalized spacial score (nSPS) is 8.71. The van der Waals surface area contributed by atoms with Gasteiger partial charge in [-0.1, -0.05) is 0 Å². The summed E-state index contributed by atoms with van der Waals surface area (Å²) in [5.74, 6) is 0. The quantitative estimate of drug-likeness (QED) is 0.389. The molecule has 8 heteroatoms. The van der Waals surface area contributed by atoms with Crippen molar-refractivity contribution < 1.29 is 33.8 Å². The molecule has 0 unspecified atom stereocenters. The van der Waals surface area contributed by atoms with Gasteiger partial charge in [-0.25, -0.2) is 0 Å². The first-order chi connectivity index (χ1) is 6.60. The molecule has 8 nitrogen and oxygen atoms in total. The molecule has 0 aromatic rings. The zero-order valence-electron chi connectivity index (χ0n) is 7.76. The van der Waals surface area contributed by atoms with Crippen molar-refractivity contribution in [2.24, 2.45) is 0 Å². The van der Waals surface area contributed by atoms with Crippen LogP contribution in [0.3, 0.4) is 0 Å². The monoisotopic (exact) mass is 206 g/mol. The van der Waals surface area contributed by atoms with Gasteiger partial charge in [0.2, 0.25) is 0 Å². The molecule has 0 amide bonds. The third-order valence-electron chi connectivity index (χ3n) is 0.830. The molecular weight excluding hydrogens is 196 g/mol.